The summed E-state index contributed by atoms with van der Waals surface area (Å²) in [5, 5.41) is 2.40. The van der Waals surface area contributed by atoms with Gasteiger partial charge in [0.25, 0.3) is 0 Å². The van der Waals surface area contributed by atoms with Crippen LogP contribution in [0.3, 0.4) is 0 Å². The van der Waals surface area contributed by atoms with Crippen LogP contribution in [-0.2, 0) is 6.42 Å². The van der Waals surface area contributed by atoms with Gasteiger partial charge in [-0.1, -0.05) is 25.5 Å². The molecule has 0 bridgehead atoms. The first-order valence-electron chi connectivity index (χ1n) is 4.74. The van der Waals surface area contributed by atoms with Gasteiger partial charge in [0.1, 0.15) is 5.75 Å². The molecule has 0 atom stereocenters. The Morgan fingerprint density at radius 1 is 1.50 bits per heavy atom. The van der Waals surface area contributed by atoms with Crippen molar-refractivity contribution in [2.45, 2.75) is 19.8 Å². The zero-order valence-corrected chi connectivity index (χ0v) is 8.54. The third kappa shape index (κ3) is 3.09. The van der Waals surface area contributed by atoms with Crippen molar-refractivity contribution in [3.05, 3.63) is 29.8 Å². The number of rotatable bonds is 3. The van der Waals surface area contributed by atoms with E-state index < -0.39 is 6.09 Å². The maximum Gasteiger partial charge on any atom is 0.412 e. The van der Waals surface area contributed by atoms with Crippen LogP contribution in [0.5, 0.6) is 5.75 Å². The normalized spacial score (nSPS) is 9.57. The van der Waals surface area contributed by atoms with Crippen LogP contribution in [0.2, 0.25) is 0 Å². The lowest BCUT2D eigenvalue weighted by Crippen LogP contribution is -2.22. The summed E-state index contributed by atoms with van der Waals surface area (Å²) in [5.74, 6) is 0.593. The molecule has 0 fully saturated rings. The monoisotopic (exact) mass is 193 g/mol. The Morgan fingerprint density at radius 2 is 2.29 bits per heavy atom. The molecule has 76 valence electrons. The number of hydrogen-bond donors (Lipinski definition) is 1. The lowest BCUT2D eigenvalue weighted by molar-refractivity contribution is 0.203. The van der Waals surface area contributed by atoms with Crippen molar-refractivity contribution in [2.24, 2.45) is 0 Å². The van der Waals surface area contributed by atoms with Gasteiger partial charge in [0.15, 0.2) is 0 Å². The van der Waals surface area contributed by atoms with Crippen LogP contribution in [-0.4, -0.2) is 13.1 Å². The number of benzene rings is 1. The average molecular weight is 193 g/mol. The topological polar surface area (TPSA) is 38.3 Å². The number of carbonyl (C=O) groups is 1. The molecule has 1 rings (SSSR count). The summed E-state index contributed by atoms with van der Waals surface area (Å²) in [6.07, 6.45) is 1.66. The fraction of sp³-hybridized carbons (Fsp3) is 0.364. The van der Waals surface area contributed by atoms with E-state index in [-0.39, 0.29) is 0 Å². The third-order valence-electron chi connectivity index (χ3n) is 1.85. The number of amides is 1. The molecule has 0 radical (unpaired) electrons. The molecule has 1 aromatic rings. The van der Waals surface area contributed by atoms with Crippen molar-refractivity contribution in [1.82, 2.24) is 5.32 Å². The van der Waals surface area contributed by atoms with Gasteiger partial charge >= 0.3 is 6.09 Å². The van der Waals surface area contributed by atoms with Crippen molar-refractivity contribution in [3.8, 4) is 5.75 Å². The molecule has 0 saturated carbocycles. The number of ether oxygens (including phenoxy) is 1. The zero-order chi connectivity index (χ0) is 10.4. The second kappa shape index (κ2) is 5.27. The average Bonchev–Trinajstić information content (AvgIpc) is 2.19. The molecule has 0 heterocycles. The zero-order valence-electron chi connectivity index (χ0n) is 8.54. The Bertz CT molecular complexity index is 310. The second-order valence-electron chi connectivity index (χ2n) is 3.04. The van der Waals surface area contributed by atoms with Gasteiger partial charge in [-0.3, -0.25) is 0 Å². The minimum absolute atomic E-state index is 0.432. The summed E-state index contributed by atoms with van der Waals surface area (Å²) in [7, 11) is 1.54. The maximum absolute atomic E-state index is 10.9. The number of hydrogen-bond acceptors (Lipinski definition) is 2. The van der Waals surface area contributed by atoms with Gasteiger partial charge < -0.3 is 10.1 Å². The van der Waals surface area contributed by atoms with Crippen LogP contribution in [0.4, 0.5) is 4.79 Å². The van der Waals surface area contributed by atoms with E-state index in [4.69, 9.17) is 4.74 Å². The number of aryl methyl sites for hydroxylation is 1. The summed E-state index contributed by atoms with van der Waals surface area (Å²) in [5.41, 5.74) is 1.19. The van der Waals surface area contributed by atoms with Gasteiger partial charge in [-0.25, -0.2) is 4.79 Å². The molecular weight excluding hydrogens is 178 g/mol. The van der Waals surface area contributed by atoms with E-state index in [9.17, 15) is 4.79 Å². The van der Waals surface area contributed by atoms with E-state index in [0.29, 0.717) is 5.75 Å². The van der Waals surface area contributed by atoms with Gasteiger partial charge in [-0.15, -0.1) is 0 Å². The van der Waals surface area contributed by atoms with Crippen molar-refractivity contribution >= 4 is 6.09 Å². The van der Waals surface area contributed by atoms with E-state index >= 15 is 0 Å². The first-order chi connectivity index (χ1) is 6.76. The lowest BCUT2D eigenvalue weighted by Gasteiger charge is -2.04. The standard InChI is InChI=1S/C11H15NO2/c1-3-5-9-6-4-7-10(8-9)14-11(13)12-2/h4,6-8H,3,5H2,1-2H3,(H,12,13). The largest absolute Gasteiger partial charge is 0.412 e. The van der Waals surface area contributed by atoms with E-state index in [1.54, 1.807) is 6.07 Å². The molecule has 0 aliphatic heterocycles. The summed E-state index contributed by atoms with van der Waals surface area (Å²) in [4.78, 5) is 10.9. The van der Waals surface area contributed by atoms with Crippen LogP contribution in [0.25, 0.3) is 0 Å². The Labute approximate surface area is 84.1 Å². The van der Waals surface area contributed by atoms with Crippen molar-refractivity contribution in [1.29, 1.82) is 0 Å². The van der Waals surface area contributed by atoms with Gasteiger partial charge in [0.05, 0.1) is 0 Å². The van der Waals surface area contributed by atoms with Crippen LogP contribution in [0.15, 0.2) is 24.3 Å². The Hall–Kier alpha value is -1.51. The van der Waals surface area contributed by atoms with Crippen LogP contribution >= 0.6 is 0 Å². The molecule has 0 unspecified atom stereocenters. The first-order valence-corrected chi connectivity index (χ1v) is 4.74. The molecule has 0 spiro atoms. The minimum atomic E-state index is -0.432. The molecule has 1 N–H and O–H groups in total. The van der Waals surface area contributed by atoms with Gasteiger partial charge in [-0.05, 0) is 24.1 Å². The van der Waals surface area contributed by atoms with Crippen LogP contribution < -0.4 is 10.1 Å². The highest BCUT2D eigenvalue weighted by Crippen LogP contribution is 2.14. The minimum Gasteiger partial charge on any atom is -0.410 e. The summed E-state index contributed by atoms with van der Waals surface area (Å²) < 4.78 is 5.00. The molecule has 3 nitrogen and oxygen atoms in total. The smallest absolute Gasteiger partial charge is 0.410 e. The fourth-order valence-electron chi connectivity index (χ4n) is 1.21. The predicted octanol–water partition coefficient (Wildman–Crippen LogP) is 2.36. The van der Waals surface area contributed by atoms with E-state index in [2.05, 4.69) is 12.2 Å². The molecule has 1 aromatic carbocycles. The van der Waals surface area contributed by atoms with E-state index in [1.807, 2.05) is 18.2 Å². The molecule has 14 heavy (non-hydrogen) atoms. The highest BCUT2D eigenvalue weighted by Gasteiger charge is 2.01. The second-order valence-corrected chi connectivity index (χ2v) is 3.04. The SMILES string of the molecule is CCCc1cccc(OC(=O)NC)c1. The van der Waals surface area contributed by atoms with E-state index in [0.717, 1.165) is 12.8 Å². The molecule has 1 amide bonds. The Kier molecular flexibility index (Phi) is 3.98. The van der Waals surface area contributed by atoms with Crippen LogP contribution in [0.1, 0.15) is 18.9 Å². The highest BCUT2D eigenvalue weighted by atomic mass is 16.5. The highest BCUT2D eigenvalue weighted by molar-refractivity contribution is 5.69. The quantitative estimate of drug-likeness (QED) is 0.800. The first kappa shape index (κ1) is 10.6. The van der Waals surface area contributed by atoms with Gasteiger partial charge in [0, 0.05) is 7.05 Å². The van der Waals surface area contributed by atoms with Gasteiger partial charge in [-0.2, -0.15) is 0 Å². The maximum atomic E-state index is 10.9. The van der Waals surface area contributed by atoms with Crippen molar-refractivity contribution < 1.29 is 9.53 Å². The van der Waals surface area contributed by atoms with Crippen molar-refractivity contribution in [3.63, 3.8) is 0 Å². The molecule has 3 heteroatoms. The lowest BCUT2D eigenvalue weighted by atomic mass is 10.1. The van der Waals surface area contributed by atoms with Crippen molar-refractivity contribution in [2.75, 3.05) is 7.05 Å². The molecule has 0 aliphatic rings. The summed E-state index contributed by atoms with van der Waals surface area (Å²) in [6, 6.07) is 7.58. The Morgan fingerprint density at radius 3 is 2.93 bits per heavy atom. The van der Waals surface area contributed by atoms with E-state index in [1.165, 1.54) is 12.6 Å². The predicted molar refractivity (Wildman–Crippen MR) is 55.5 cm³/mol. The van der Waals surface area contributed by atoms with Gasteiger partial charge in [0.2, 0.25) is 0 Å². The number of nitrogens with one attached hydrogen (secondary N) is 1. The molecular formula is C11H15NO2. The molecule has 0 aliphatic carbocycles. The summed E-state index contributed by atoms with van der Waals surface area (Å²) in [6.45, 7) is 2.12. The Balaban J connectivity index is 2.68. The summed E-state index contributed by atoms with van der Waals surface area (Å²) >= 11 is 0. The third-order valence-corrected chi connectivity index (χ3v) is 1.85. The number of carbonyl (C=O) groups excluding carboxylic acids is 1. The molecule has 0 saturated heterocycles. The molecule has 0 aromatic heterocycles. The van der Waals surface area contributed by atoms with Crippen LogP contribution in [0, 0.1) is 0 Å². The fourth-order valence-corrected chi connectivity index (χ4v) is 1.21.